The average Bonchev–Trinajstić information content (AvgIpc) is 3.16. The van der Waals surface area contributed by atoms with Crippen LogP contribution in [0.1, 0.15) is 19.7 Å². The lowest BCUT2D eigenvalue weighted by Crippen LogP contribution is -2.31. The van der Waals surface area contributed by atoms with Crippen LogP contribution in [0.2, 0.25) is 10.2 Å². The van der Waals surface area contributed by atoms with Crippen molar-refractivity contribution in [3.8, 4) is 23.2 Å². The molecule has 36 heavy (non-hydrogen) atoms. The number of pyridine rings is 2. The first-order chi connectivity index (χ1) is 17.0. The minimum Gasteiger partial charge on any atom is -0.480 e. The molecule has 3 heterocycles. The van der Waals surface area contributed by atoms with Gasteiger partial charge in [0, 0.05) is 18.8 Å². The van der Waals surface area contributed by atoms with Gasteiger partial charge in [-0.1, -0.05) is 23.2 Å². The van der Waals surface area contributed by atoms with Crippen LogP contribution in [0.3, 0.4) is 0 Å². The van der Waals surface area contributed by atoms with Crippen molar-refractivity contribution in [2.75, 3.05) is 0 Å². The second kappa shape index (κ2) is 9.96. The molecule has 0 fully saturated rings. The van der Waals surface area contributed by atoms with Crippen LogP contribution >= 0.6 is 23.2 Å². The van der Waals surface area contributed by atoms with E-state index in [1.54, 1.807) is 6.92 Å². The maximum absolute atomic E-state index is 13.4. The molecule has 0 aliphatic carbocycles. The second-order valence-electron chi connectivity index (χ2n) is 7.50. The van der Waals surface area contributed by atoms with E-state index in [0.717, 1.165) is 11.6 Å². The van der Waals surface area contributed by atoms with Crippen LogP contribution in [0.5, 0.6) is 17.5 Å². The number of aliphatic hydroxyl groups excluding tert-OH is 1. The molecule has 1 atom stereocenters. The van der Waals surface area contributed by atoms with Gasteiger partial charge in [-0.15, -0.1) is 5.10 Å². The average molecular weight is 544 g/mol. The van der Waals surface area contributed by atoms with Crippen LogP contribution in [0.25, 0.3) is 16.5 Å². The smallest absolute Gasteiger partial charge is 0.425 e. The summed E-state index contributed by atoms with van der Waals surface area (Å²) in [6, 6.07) is 7.08. The summed E-state index contributed by atoms with van der Waals surface area (Å²) >= 11 is 12.0. The summed E-state index contributed by atoms with van der Waals surface area (Å²) in [6.07, 6.45) is -5.55. The van der Waals surface area contributed by atoms with Crippen molar-refractivity contribution < 1.29 is 27.8 Å². The van der Waals surface area contributed by atoms with Crippen LogP contribution in [-0.4, -0.2) is 41.7 Å². The van der Waals surface area contributed by atoms with E-state index in [-0.39, 0.29) is 51.1 Å². The fourth-order valence-corrected chi connectivity index (χ4v) is 3.67. The van der Waals surface area contributed by atoms with Gasteiger partial charge in [-0.05, 0) is 43.5 Å². The van der Waals surface area contributed by atoms with E-state index in [4.69, 9.17) is 32.7 Å². The fourth-order valence-electron chi connectivity index (χ4n) is 3.39. The largest absolute Gasteiger partial charge is 0.480 e. The minimum atomic E-state index is -4.69. The SMILES string of the molecule is CCn1c(CO)nn(-c2cc(OC(C)C(F)(F)F)c3c(Oc4nc(Cl)ccc4Cl)nccc3c2)c1=O. The van der Waals surface area contributed by atoms with Gasteiger partial charge in [-0.2, -0.15) is 22.8 Å². The molecule has 9 nitrogen and oxygen atoms in total. The van der Waals surface area contributed by atoms with E-state index in [1.165, 1.54) is 41.1 Å². The van der Waals surface area contributed by atoms with E-state index in [9.17, 15) is 23.1 Å². The number of aliphatic hydroxyl groups is 1. The first-order valence-electron chi connectivity index (χ1n) is 10.5. The molecule has 0 spiro atoms. The minimum absolute atomic E-state index is 0.0700. The predicted octanol–water partition coefficient (Wildman–Crippen LogP) is 4.92. The number of aromatic nitrogens is 5. The highest BCUT2D eigenvalue weighted by Crippen LogP contribution is 2.39. The van der Waals surface area contributed by atoms with Crippen molar-refractivity contribution in [1.29, 1.82) is 0 Å². The van der Waals surface area contributed by atoms with Crippen molar-refractivity contribution in [1.82, 2.24) is 24.3 Å². The zero-order chi connectivity index (χ0) is 26.2. The number of benzene rings is 1. The van der Waals surface area contributed by atoms with Gasteiger partial charge in [0.15, 0.2) is 11.9 Å². The summed E-state index contributed by atoms with van der Waals surface area (Å²) in [5.74, 6) is -0.456. The first kappa shape index (κ1) is 25.7. The van der Waals surface area contributed by atoms with Gasteiger partial charge in [0.05, 0.1) is 11.1 Å². The van der Waals surface area contributed by atoms with E-state index in [1.807, 2.05) is 0 Å². The van der Waals surface area contributed by atoms with Gasteiger partial charge in [0.2, 0.25) is 11.8 Å². The zero-order valence-corrected chi connectivity index (χ0v) is 20.3. The third kappa shape index (κ3) is 4.97. The maximum atomic E-state index is 13.4. The maximum Gasteiger partial charge on any atom is 0.425 e. The van der Waals surface area contributed by atoms with Crippen molar-refractivity contribution in [2.45, 2.75) is 39.3 Å². The molecule has 3 aromatic heterocycles. The Morgan fingerprint density at radius 3 is 2.56 bits per heavy atom. The molecule has 4 aromatic rings. The van der Waals surface area contributed by atoms with Crippen molar-refractivity contribution in [3.05, 3.63) is 63.0 Å². The Morgan fingerprint density at radius 2 is 1.92 bits per heavy atom. The lowest BCUT2D eigenvalue weighted by molar-refractivity contribution is -0.189. The molecule has 0 bridgehead atoms. The Balaban J connectivity index is 1.94. The molecule has 14 heteroatoms. The number of ether oxygens (including phenoxy) is 2. The van der Waals surface area contributed by atoms with Crippen molar-refractivity contribution >= 4 is 34.0 Å². The van der Waals surface area contributed by atoms with Crippen molar-refractivity contribution in [3.63, 3.8) is 0 Å². The molecule has 190 valence electrons. The molecule has 1 unspecified atom stereocenters. The van der Waals surface area contributed by atoms with Gasteiger partial charge < -0.3 is 14.6 Å². The Kier molecular flexibility index (Phi) is 7.12. The number of fused-ring (bicyclic) bond motifs is 1. The van der Waals surface area contributed by atoms with E-state index in [0.29, 0.717) is 5.39 Å². The molecule has 0 saturated carbocycles. The van der Waals surface area contributed by atoms with Crippen molar-refractivity contribution in [2.24, 2.45) is 0 Å². The summed E-state index contributed by atoms with van der Waals surface area (Å²) in [6.45, 7) is 2.25. The van der Waals surface area contributed by atoms with Crippen LogP contribution in [0, 0.1) is 0 Å². The fraction of sp³-hybridized carbons (Fsp3) is 0.273. The molecule has 0 aliphatic rings. The van der Waals surface area contributed by atoms with Crippen LogP contribution in [0.15, 0.2) is 41.3 Å². The number of hydrogen-bond acceptors (Lipinski definition) is 7. The number of halogens is 5. The van der Waals surface area contributed by atoms with Gasteiger partial charge in [-0.25, -0.2) is 9.78 Å². The Bertz CT molecular complexity index is 1490. The molecule has 4 rings (SSSR count). The Labute approximate surface area is 211 Å². The molecule has 1 aromatic carbocycles. The molecule has 0 amide bonds. The third-order valence-electron chi connectivity index (χ3n) is 5.16. The van der Waals surface area contributed by atoms with Gasteiger partial charge in [0.1, 0.15) is 22.5 Å². The number of rotatable bonds is 7. The Morgan fingerprint density at radius 1 is 1.17 bits per heavy atom. The van der Waals surface area contributed by atoms with Crippen LogP contribution in [-0.2, 0) is 13.2 Å². The van der Waals surface area contributed by atoms with Gasteiger partial charge in [-0.3, -0.25) is 4.57 Å². The van der Waals surface area contributed by atoms with E-state index >= 15 is 0 Å². The molecular formula is C22H18Cl2F3N5O4. The van der Waals surface area contributed by atoms with E-state index in [2.05, 4.69) is 15.1 Å². The van der Waals surface area contributed by atoms with Gasteiger partial charge in [0.25, 0.3) is 0 Å². The topological polar surface area (TPSA) is 104 Å². The monoisotopic (exact) mass is 543 g/mol. The summed E-state index contributed by atoms with van der Waals surface area (Å²) in [5, 5.41) is 14.2. The van der Waals surface area contributed by atoms with Gasteiger partial charge >= 0.3 is 11.9 Å². The van der Waals surface area contributed by atoms with Crippen LogP contribution in [0.4, 0.5) is 13.2 Å². The number of hydrogen-bond donors (Lipinski definition) is 1. The third-order valence-corrected chi connectivity index (χ3v) is 5.65. The molecular weight excluding hydrogens is 526 g/mol. The second-order valence-corrected chi connectivity index (χ2v) is 8.29. The summed E-state index contributed by atoms with van der Waals surface area (Å²) < 4.78 is 53.4. The normalized spacial score (nSPS) is 12.7. The quantitative estimate of drug-likeness (QED) is 0.330. The highest BCUT2D eigenvalue weighted by atomic mass is 35.5. The first-order valence-corrected chi connectivity index (χ1v) is 11.2. The predicted molar refractivity (Wildman–Crippen MR) is 125 cm³/mol. The van der Waals surface area contributed by atoms with Crippen LogP contribution < -0.4 is 15.2 Å². The lowest BCUT2D eigenvalue weighted by atomic mass is 10.1. The summed E-state index contributed by atoms with van der Waals surface area (Å²) in [7, 11) is 0. The number of nitrogens with zero attached hydrogens (tertiary/aromatic N) is 5. The number of alkyl halides is 3. The van der Waals surface area contributed by atoms with E-state index < -0.39 is 24.6 Å². The Hall–Kier alpha value is -3.35. The molecule has 1 N–H and O–H groups in total. The molecule has 0 radical (unpaired) electrons. The summed E-state index contributed by atoms with van der Waals surface area (Å²) in [4.78, 5) is 20.9. The zero-order valence-electron chi connectivity index (χ0n) is 18.8. The highest BCUT2D eigenvalue weighted by molar-refractivity contribution is 6.33. The standard InChI is InChI=1S/C22H18Cl2F3N5O4/c1-3-31-17(10-33)30-32(21(31)34)13-8-12-6-7-28-20(36-19-14(23)4-5-16(24)29-19)18(12)15(9-13)35-11(2)22(25,26)27/h4-9,11,33H,3,10H2,1-2H3. The highest BCUT2D eigenvalue weighted by Gasteiger charge is 2.38. The molecule has 0 saturated heterocycles. The molecule has 0 aliphatic heterocycles. The lowest BCUT2D eigenvalue weighted by Gasteiger charge is -2.20. The summed E-state index contributed by atoms with van der Waals surface area (Å²) in [5.41, 5.74) is -0.481.